The number of thioether (sulfide) groups is 1. The van der Waals surface area contributed by atoms with Crippen molar-refractivity contribution < 1.29 is 14.3 Å². The number of amides is 1. The van der Waals surface area contributed by atoms with Gasteiger partial charge in [-0.3, -0.25) is 4.79 Å². The number of carbonyl (C=O) groups excluding carboxylic acids is 1. The lowest BCUT2D eigenvalue weighted by Gasteiger charge is -2.30. The van der Waals surface area contributed by atoms with Crippen molar-refractivity contribution in [3.63, 3.8) is 0 Å². The molecule has 2 aliphatic heterocycles. The smallest absolute Gasteiger partial charge is 0.227 e. The van der Waals surface area contributed by atoms with Crippen molar-refractivity contribution in [2.45, 2.75) is 18.2 Å². The van der Waals surface area contributed by atoms with Crippen molar-refractivity contribution in [3.8, 4) is 5.75 Å². The van der Waals surface area contributed by atoms with E-state index >= 15 is 0 Å². The molecule has 2 fully saturated rings. The molecular weight excluding hydrogens is 366 g/mol. The van der Waals surface area contributed by atoms with Crippen molar-refractivity contribution in [2.24, 2.45) is 5.92 Å². The predicted octanol–water partition coefficient (Wildman–Crippen LogP) is 3.46. The van der Waals surface area contributed by atoms with Gasteiger partial charge in [0.25, 0.3) is 0 Å². The van der Waals surface area contributed by atoms with E-state index < -0.39 is 0 Å². The van der Waals surface area contributed by atoms with E-state index in [0.717, 1.165) is 40.9 Å². The molecule has 2 aliphatic rings. The summed E-state index contributed by atoms with van der Waals surface area (Å²) < 4.78 is 11.9. The first-order chi connectivity index (χ1) is 10.7. The maximum absolute atomic E-state index is 12.9. The Morgan fingerprint density at radius 3 is 2.91 bits per heavy atom. The van der Waals surface area contributed by atoms with Crippen LogP contribution >= 0.6 is 27.7 Å². The zero-order chi connectivity index (χ0) is 15.5. The highest BCUT2D eigenvalue weighted by atomic mass is 79.9. The molecule has 4 nitrogen and oxygen atoms in total. The SMILES string of the molecule is COc1ccc(Br)cc1C1SCCN1C(=O)C1CCOCC1. The molecular formula is C16H20BrNO3S. The quantitative estimate of drug-likeness (QED) is 0.798. The third kappa shape index (κ3) is 3.29. The van der Waals surface area contributed by atoms with Crippen LogP contribution in [0.3, 0.4) is 0 Å². The average molecular weight is 386 g/mol. The maximum Gasteiger partial charge on any atom is 0.227 e. The Bertz CT molecular complexity index is 548. The first kappa shape index (κ1) is 16.1. The van der Waals surface area contributed by atoms with E-state index in [2.05, 4.69) is 22.0 Å². The minimum atomic E-state index is 0.0443. The monoisotopic (exact) mass is 385 g/mol. The van der Waals surface area contributed by atoms with E-state index in [1.165, 1.54) is 0 Å². The summed E-state index contributed by atoms with van der Waals surface area (Å²) in [4.78, 5) is 14.9. The number of methoxy groups -OCH3 is 1. The molecule has 1 aromatic rings. The number of hydrogen-bond donors (Lipinski definition) is 0. The Morgan fingerprint density at radius 2 is 2.18 bits per heavy atom. The molecule has 1 aromatic carbocycles. The zero-order valence-corrected chi connectivity index (χ0v) is 15.0. The fourth-order valence-electron chi connectivity index (χ4n) is 3.03. The van der Waals surface area contributed by atoms with Crippen LogP contribution in [-0.2, 0) is 9.53 Å². The van der Waals surface area contributed by atoms with E-state index in [1.807, 2.05) is 28.8 Å². The van der Waals surface area contributed by atoms with Gasteiger partial charge in [-0.15, -0.1) is 11.8 Å². The molecule has 22 heavy (non-hydrogen) atoms. The van der Waals surface area contributed by atoms with Gasteiger partial charge in [0.2, 0.25) is 5.91 Å². The minimum absolute atomic E-state index is 0.0443. The van der Waals surface area contributed by atoms with E-state index in [0.29, 0.717) is 13.2 Å². The molecule has 3 rings (SSSR count). The van der Waals surface area contributed by atoms with Crippen LogP contribution in [0.4, 0.5) is 0 Å². The van der Waals surface area contributed by atoms with Gasteiger partial charge in [0.15, 0.2) is 0 Å². The lowest BCUT2D eigenvalue weighted by molar-refractivity contribution is -0.138. The van der Waals surface area contributed by atoms with Crippen LogP contribution in [0.15, 0.2) is 22.7 Å². The highest BCUT2D eigenvalue weighted by Crippen LogP contribution is 2.43. The molecule has 2 saturated heterocycles. The summed E-state index contributed by atoms with van der Waals surface area (Å²) in [5.74, 6) is 2.18. The van der Waals surface area contributed by atoms with Gasteiger partial charge in [0.05, 0.1) is 7.11 Å². The molecule has 1 unspecified atom stereocenters. The lowest BCUT2D eigenvalue weighted by atomic mass is 9.98. The van der Waals surface area contributed by atoms with Crippen molar-refractivity contribution in [2.75, 3.05) is 32.6 Å². The van der Waals surface area contributed by atoms with E-state index in [-0.39, 0.29) is 17.2 Å². The van der Waals surface area contributed by atoms with Crippen LogP contribution in [0.5, 0.6) is 5.75 Å². The maximum atomic E-state index is 12.9. The molecule has 2 heterocycles. The first-order valence-electron chi connectivity index (χ1n) is 7.54. The Labute approximate surface area is 143 Å². The van der Waals surface area contributed by atoms with Gasteiger partial charge >= 0.3 is 0 Å². The Morgan fingerprint density at radius 1 is 1.41 bits per heavy atom. The summed E-state index contributed by atoms with van der Waals surface area (Å²) >= 11 is 5.33. The summed E-state index contributed by atoms with van der Waals surface area (Å²) in [6, 6.07) is 5.98. The normalized spacial score (nSPS) is 22.8. The number of hydrogen-bond acceptors (Lipinski definition) is 4. The molecule has 120 valence electrons. The van der Waals surface area contributed by atoms with E-state index in [1.54, 1.807) is 7.11 Å². The van der Waals surface area contributed by atoms with Gasteiger partial charge in [-0.05, 0) is 31.0 Å². The topological polar surface area (TPSA) is 38.8 Å². The van der Waals surface area contributed by atoms with Gasteiger partial charge in [-0.25, -0.2) is 0 Å². The predicted molar refractivity (Wildman–Crippen MR) is 91.1 cm³/mol. The third-order valence-electron chi connectivity index (χ3n) is 4.20. The highest BCUT2D eigenvalue weighted by molar-refractivity contribution is 9.10. The van der Waals surface area contributed by atoms with Gasteiger partial charge in [-0.1, -0.05) is 15.9 Å². The fourth-order valence-corrected chi connectivity index (χ4v) is 4.69. The van der Waals surface area contributed by atoms with Crippen LogP contribution in [0, 0.1) is 5.92 Å². The number of carbonyl (C=O) groups is 1. The molecule has 0 saturated carbocycles. The van der Waals surface area contributed by atoms with E-state index in [9.17, 15) is 4.79 Å². The lowest BCUT2D eigenvalue weighted by Crippen LogP contribution is -2.38. The van der Waals surface area contributed by atoms with Gasteiger partial charge in [0.1, 0.15) is 11.1 Å². The van der Waals surface area contributed by atoms with Crippen LogP contribution in [0.2, 0.25) is 0 Å². The van der Waals surface area contributed by atoms with Crippen LogP contribution in [0.25, 0.3) is 0 Å². The largest absolute Gasteiger partial charge is 0.496 e. The minimum Gasteiger partial charge on any atom is -0.496 e. The van der Waals surface area contributed by atoms with Gasteiger partial charge < -0.3 is 14.4 Å². The van der Waals surface area contributed by atoms with Crippen molar-refractivity contribution in [1.29, 1.82) is 0 Å². The summed E-state index contributed by atoms with van der Waals surface area (Å²) in [6.45, 7) is 2.20. The molecule has 0 bridgehead atoms. The summed E-state index contributed by atoms with van der Waals surface area (Å²) in [6.07, 6.45) is 1.67. The molecule has 0 radical (unpaired) electrons. The molecule has 0 aromatic heterocycles. The molecule has 1 atom stereocenters. The second-order valence-electron chi connectivity index (χ2n) is 5.53. The average Bonchev–Trinajstić information content (AvgIpc) is 3.04. The number of benzene rings is 1. The summed E-state index contributed by atoms with van der Waals surface area (Å²) in [5, 5.41) is 0.0443. The molecule has 1 amide bonds. The number of halogens is 1. The first-order valence-corrected chi connectivity index (χ1v) is 9.38. The van der Waals surface area contributed by atoms with Crippen molar-refractivity contribution >= 4 is 33.6 Å². The van der Waals surface area contributed by atoms with Crippen LogP contribution in [-0.4, -0.2) is 43.4 Å². The second-order valence-corrected chi connectivity index (χ2v) is 7.63. The molecule has 0 N–H and O–H groups in total. The van der Waals surface area contributed by atoms with Crippen LogP contribution in [0.1, 0.15) is 23.8 Å². The van der Waals surface area contributed by atoms with E-state index in [4.69, 9.17) is 9.47 Å². The molecule has 0 aliphatic carbocycles. The number of nitrogens with zero attached hydrogens (tertiary/aromatic N) is 1. The van der Waals surface area contributed by atoms with Gasteiger partial charge in [0, 0.05) is 41.5 Å². The Balaban J connectivity index is 1.83. The molecule has 0 spiro atoms. The Kier molecular flexibility index (Phi) is 5.31. The second kappa shape index (κ2) is 7.23. The fraction of sp³-hybridized carbons (Fsp3) is 0.562. The standard InChI is InChI=1S/C16H20BrNO3S/c1-20-14-3-2-12(17)10-13(14)16-18(6-9-22-16)15(19)11-4-7-21-8-5-11/h2-3,10-11,16H,4-9H2,1H3. The number of rotatable bonds is 3. The van der Waals surface area contributed by atoms with Crippen LogP contribution < -0.4 is 4.74 Å². The molecule has 6 heteroatoms. The Hall–Kier alpha value is -0.720. The highest BCUT2D eigenvalue weighted by Gasteiger charge is 2.36. The zero-order valence-electron chi connectivity index (χ0n) is 12.6. The summed E-state index contributed by atoms with van der Waals surface area (Å²) in [7, 11) is 1.68. The third-order valence-corrected chi connectivity index (χ3v) is 5.94. The van der Waals surface area contributed by atoms with Crippen molar-refractivity contribution in [3.05, 3.63) is 28.2 Å². The summed E-state index contributed by atoms with van der Waals surface area (Å²) in [5.41, 5.74) is 1.07. The number of ether oxygens (including phenoxy) is 2. The van der Waals surface area contributed by atoms with Crippen molar-refractivity contribution in [1.82, 2.24) is 4.90 Å². The van der Waals surface area contributed by atoms with Gasteiger partial charge in [-0.2, -0.15) is 0 Å².